The van der Waals surface area contributed by atoms with Crippen molar-refractivity contribution in [3.8, 4) is 11.3 Å². The molecule has 5 rings (SSSR count). The Bertz CT molecular complexity index is 1060. The van der Waals surface area contributed by atoms with Crippen LogP contribution in [0.5, 0.6) is 0 Å². The molecule has 0 aliphatic carbocycles. The molecule has 28 heavy (non-hydrogen) atoms. The fourth-order valence-electron chi connectivity index (χ4n) is 4.34. The van der Waals surface area contributed by atoms with Crippen molar-refractivity contribution in [3.05, 3.63) is 58.9 Å². The molecule has 9 heteroatoms. The van der Waals surface area contributed by atoms with Crippen LogP contribution < -0.4 is 5.56 Å². The lowest BCUT2D eigenvalue weighted by Crippen LogP contribution is -2.49. The van der Waals surface area contributed by atoms with Gasteiger partial charge < -0.3 is 9.47 Å². The first-order valence-electron chi connectivity index (χ1n) is 9.32. The molecular weight excluding hydrogens is 358 g/mol. The third kappa shape index (κ3) is 2.98. The van der Waals surface area contributed by atoms with E-state index in [1.165, 1.54) is 11.0 Å². The fraction of sp³-hybridized carbons (Fsp3) is 0.368. The van der Waals surface area contributed by atoms with E-state index in [4.69, 9.17) is 0 Å². The van der Waals surface area contributed by atoms with Gasteiger partial charge in [-0.05, 0) is 41.0 Å². The monoisotopic (exact) mass is 377 g/mol. The highest BCUT2D eigenvalue weighted by Crippen LogP contribution is 2.36. The van der Waals surface area contributed by atoms with Gasteiger partial charge in [-0.2, -0.15) is 0 Å². The van der Waals surface area contributed by atoms with Gasteiger partial charge in [0.05, 0.1) is 5.69 Å². The number of tetrazole rings is 1. The lowest BCUT2D eigenvalue weighted by molar-refractivity contribution is -0.134. The zero-order valence-corrected chi connectivity index (χ0v) is 15.2. The van der Waals surface area contributed by atoms with Crippen LogP contribution in [0.4, 0.5) is 0 Å². The lowest BCUT2D eigenvalue weighted by atomic mass is 9.82. The van der Waals surface area contributed by atoms with Crippen LogP contribution >= 0.6 is 0 Å². The number of pyridine rings is 2. The van der Waals surface area contributed by atoms with Crippen molar-refractivity contribution in [3.63, 3.8) is 0 Å². The van der Waals surface area contributed by atoms with Gasteiger partial charge in [-0.15, -0.1) is 5.10 Å². The normalized spacial score (nSPS) is 20.6. The van der Waals surface area contributed by atoms with Crippen molar-refractivity contribution in [1.29, 1.82) is 0 Å². The quantitative estimate of drug-likeness (QED) is 0.661. The molecule has 2 aliphatic heterocycles. The average Bonchev–Trinajstić information content (AvgIpc) is 3.22. The molecule has 2 aliphatic rings. The Balaban J connectivity index is 1.44. The van der Waals surface area contributed by atoms with Crippen LogP contribution in [-0.4, -0.2) is 53.7 Å². The highest BCUT2D eigenvalue weighted by molar-refractivity contribution is 5.76. The summed E-state index contributed by atoms with van der Waals surface area (Å²) in [5.74, 6) is 0.419. The molecule has 3 aromatic heterocycles. The molecule has 0 saturated carbocycles. The second kappa shape index (κ2) is 6.66. The minimum absolute atomic E-state index is 0.00122. The van der Waals surface area contributed by atoms with E-state index in [-0.39, 0.29) is 29.8 Å². The molecule has 1 fully saturated rings. The Morgan fingerprint density at radius 2 is 2.11 bits per heavy atom. The Hall–Kier alpha value is -3.36. The molecule has 5 heterocycles. The van der Waals surface area contributed by atoms with E-state index >= 15 is 0 Å². The summed E-state index contributed by atoms with van der Waals surface area (Å²) in [6.07, 6.45) is 4.15. The Morgan fingerprint density at radius 1 is 1.18 bits per heavy atom. The van der Waals surface area contributed by atoms with Gasteiger partial charge in [0.15, 0.2) is 0 Å². The van der Waals surface area contributed by atoms with Crippen molar-refractivity contribution >= 4 is 5.91 Å². The number of nitrogens with zero attached hydrogens (tertiary/aromatic N) is 7. The summed E-state index contributed by atoms with van der Waals surface area (Å²) < 4.78 is 3.30. The van der Waals surface area contributed by atoms with Gasteiger partial charge in [0.1, 0.15) is 12.9 Å². The number of carbonyl (C=O) groups excluding carboxylic acids is 1. The molecule has 0 radical (unpaired) electrons. The average molecular weight is 377 g/mol. The number of hydrogen-bond donors (Lipinski definition) is 0. The molecule has 0 N–H and O–H groups in total. The predicted octanol–water partition coefficient (Wildman–Crippen LogP) is 0.543. The van der Waals surface area contributed by atoms with Crippen molar-refractivity contribution in [2.24, 2.45) is 5.92 Å². The van der Waals surface area contributed by atoms with E-state index < -0.39 is 0 Å². The van der Waals surface area contributed by atoms with Gasteiger partial charge in [-0.25, -0.2) is 4.68 Å². The summed E-state index contributed by atoms with van der Waals surface area (Å²) in [6.45, 7) is 2.03. The van der Waals surface area contributed by atoms with E-state index in [1.807, 2.05) is 27.7 Å². The number of aromatic nitrogens is 6. The summed E-state index contributed by atoms with van der Waals surface area (Å²) in [4.78, 5) is 31.7. The van der Waals surface area contributed by atoms with E-state index in [1.54, 1.807) is 12.3 Å². The molecule has 1 saturated heterocycles. The van der Waals surface area contributed by atoms with E-state index in [0.717, 1.165) is 23.4 Å². The zero-order chi connectivity index (χ0) is 19.1. The molecule has 0 aromatic carbocycles. The summed E-state index contributed by atoms with van der Waals surface area (Å²) in [7, 11) is 0. The van der Waals surface area contributed by atoms with Crippen molar-refractivity contribution in [2.75, 3.05) is 13.1 Å². The molecule has 0 spiro atoms. The summed E-state index contributed by atoms with van der Waals surface area (Å²) in [6, 6.07) is 9.39. The molecular formula is C19H19N7O2. The summed E-state index contributed by atoms with van der Waals surface area (Å²) in [5.41, 5.74) is 2.60. The second-order valence-corrected chi connectivity index (χ2v) is 7.44. The van der Waals surface area contributed by atoms with Crippen LogP contribution in [0.15, 0.2) is 47.7 Å². The first-order valence-corrected chi connectivity index (χ1v) is 9.32. The SMILES string of the molecule is O=C(Cn1cnnn1)N1C[C@@H]2C[C@H](C1)c1cc(-c3ccccn3)cc(=O)n1C2. The number of piperidine rings is 1. The minimum atomic E-state index is -0.00122. The largest absolute Gasteiger partial charge is 0.340 e. The lowest BCUT2D eigenvalue weighted by Gasteiger charge is -2.42. The third-order valence-electron chi connectivity index (χ3n) is 5.56. The van der Waals surface area contributed by atoms with Crippen LogP contribution in [-0.2, 0) is 17.9 Å². The second-order valence-electron chi connectivity index (χ2n) is 7.44. The van der Waals surface area contributed by atoms with E-state index in [2.05, 4.69) is 26.6 Å². The molecule has 2 atom stereocenters. The van der Waals surface area contributed by atoms with Gasteiger partial charge in [-0.3, -0.25) is 14.6 Å². The van der Waals surface area contributed by atoms with Gasteiger partial charge >= 0.3 is 0 Å². The minimum Gasteiger partial charge on any atom is -0.340 e. The van der Waals surface area contributed by atoms with Crippen LogP contribution in [0, 0.1) is 5.92 Å². The highest BCUT2D eigenvalue weighted by Gasteiger charge is 2.36. The maximum atomic E-state index is 12.7. The Kier molecular flexibility index (Phi) is 4.00. The highest BCUT2D eigenvalue weighted by atomic mass is 16.2. The van der Waals surface area contributed by atoms with Gasteiger partial charge in [0.25, 0.3) is 5.56 Å². The molecule has 9 nitrogen and oxygen atoms in total. The summed E-state index contributed by atoms with van der Waals surface area (Å²) in [5, 5.41) is 10.9. The number of amides is 1. The summed E-state index contributed by atoms with van der Waals surface area (Å²) >= 11 is 0. The molecule has 142 valence electrons. The zero-order valence-electron chi connectivity index (χ0n) is 15.2. The van der Waals surface area contributed by atoms with Gasteiger partial charge in [0, 0.05) is 49.1 Å². The molecule has 3 aromatic rings. The fourth-order valence-corrected chi connectivity index (χ4v) is 4.34. The first-order chi connectivity index (χ1) is 13.7. The molecule has 1 amide bonds. The third-order valence-corrected chi connectivity index (χ3v) is 5.56. The molecule has 0 unspecified atom stereocenters. The predicted molar refractivity (Wildman–Crippen MR) is 99.2 cm³/mol. The number of likely N-dealkylation sites (tertiary alicyclic amines) is 1. The van der Waals surface area contributed by atoms with Gasteiger partial charge in [-0.1, -0.05) is 6.07 Å². The maximum absolute atomic E-state index is 12.7. The Morgan fingerprint density at radius 3 is 2.89 bits per heavy atom. The van der Waals surface area contributed by atoms with Crippen molar-refractivity contribution in [2.45, 2.75) is 25.4 Å². The van der Waals surface area contributed by atoms with Crippen molar-refractivity contribution in [1.82, 2.24) is 34.7 Å². The molecule has 2 bridgehead atoms. The number of carbonyl (C=O) groups is 1. The number of fused-ring (bicyclic) bond motifs is 4. The number of hydrogen-bond acceptors (Lipinski definition) is 6. The smallest absolute Gasteiger partial charge is 0.251 e. The number of rotatable bonds is 3. The van der Waals surface area contributed by atoms with E-state index in [9.17, 15) is 9.59 Å². The topological polar surface area (TPSA) is 98.8 Å². The van der Waals surface area contributed by atoms with E-state index in [0.29, 0.717) is 19.6 Å². The Labute approximate surface area is 160 Å². The van der Waals surface area contributed by atoms with Crippen LogP contribution in [0.2, 0.25) is 0 Å². The first kappa shape index (κ1) is 16.8. The maximum Gasteiger partial charge on any atom is 0.251 e. The standard InChI is InChI=1S/C19H19N7O2/c27-18-7-14(16-3-1-2-4-20-16)6-17-15-5-13(9-26(17)18)8-24(10-15)19(28)11-25-12-21-22-23-25/h1-4,6-7,12-13,15H,5,8-11H2/t13-,15+/m0/s1. The van der Waals surface area contributed by atoms with Crippen LogP contribution in [0.3, 0.4) is 0 Å². The van der Waals surface area contributed by atoms with Crippen LogP contribution in [0.25, 0.3) is 11.3 Å². The van der Waals surface area contributed by atoms with Crippen LogP contribution in [0.1, 0.15) is 18.0 Å². The van der Waals surface area contributed by atoms with Gasteiger partial charge in [0.2, 0.25) is 5.91 Å². The van der Waals surface area contributed by atoms with Crippen molar-refractivity contribution < 1.29 is 4.79 Å².